The van der Waals surface area contributed by atoms with E-state index in [1.807, 2.05) is 0 Å². The quantitative estimate of drug-likeness (QED) is 0.304. The molecule has 0 aromatic heterocycles. The molecule has 41 heavy (non-hydrogen) atoms. The largest absolute Gasteiger partial charge is 0.147 e. The summed E-state index contributed by atoms with van der Waals surface area (Å²) in [7, 11) is 0. The SMILES string of the molecule is CC(C)(C)c1cc(C2=[C]([Zr][C]3=C(c4cc(C(C)(C)C)cc(C(C)(C)C)c4)C=CC3)CC=C2)cc(C(C)(C)C)c1.Cl.Cl. The van der Waals surface area contributed by atoms with Gasteiger partial charge in [0, 0.05) is 0 Å². The van der Waals surface area contributed by atoms with E-state index >= 15 is 0 Å². The molecule has 0 amide bonds. The normalized spacial score (nSPS) is 15.8. The zero-order chi connectivity index (χ0) is 29.0. The van der Waals surface area contributed by atoms with Crippen molar-refractivity contribution >= 4 is 36.0 Å². The number of allylic oxidation sites excluding steroid dienone is 8. The molecule has 2 aromatic rings. The third kappa shape index (κ3) is 8.49. The topological polar surface area (TPSA) is 0 Å². The predicted octanol–water partition coefficient (Wildman–Crippen LogP) is 11.8. The maximum atomic E-state index is 2.48. The Morgan fingerprint density at radius 3 is 0.951 bits per heavy atom. The van der Waals surface area contributed by atoms with E-state index in [-0.39, 0.29) is 46.5 Å². The van der Waals surface area contributed by atoms with Crippen molar-refractivity contribution in [2.24, 2.45) is 0 Å². The monoisotopic (exact) mass is 668 g/mol. The van der Waals surface area contributed by atoms with Crippen LogP contribution in [-0.2, 0) is 44.9 Å². The minimum atomic E-state index is -0.931. The Morgan fingerprint density at radius 1 is 0.439 bits per heavy atom. The van der Waals surface area contributed by atoms with Gasteiger partial charge < -0.3 is 0 Å². The molecule has 0 radical (unpaired) electrons. The van der Waals surface area contributed by atoms with Crippen LogP contribution in [0.3, 0.4) is 0 Å². The Kier molecular flexibility index (Phi) is 11.3. The van der Waals surface area contributed by atoms with E-state index in [0.717, 1.165) is 12.8 Å². The summed E-state index contributed by atoms with van der Waals surface area (Å²) in [6.07, 6.45) is 11.9. The van der Waals surface area contributed by atoms with Crippen LogP contribution in [0.1, 0.15) is 129 Å². The zero-order valence-corrected chi connectivity index (χ0v) is 31.6. The molecule has 2 aromatic carbocycles. The molecule has 0 bridgehead atoms. The molecule has 0 heterocycles. The molecule has 0 saturated carbocycles. The van der Waals surface area contributed by atoms with Gasteiger partial charge in [0.15, 0.2) is 0 Å². The Labute approximate surface area is 275 Å². The summed E-state index contributed by atoms with van der Waals surface area (Å²) in [4.78, 5) is 0. The summed E-state index contributed by atoms with van der Waals surface area (Å²) in [6.45, 7) is 28.1. The molecule has 0 nitrogen and oxygen atoms in total. The number of halogens is 2. The average Bonchev–Trinajstić information content (AvgIpc) is 3.46. The smallest absolute Gasteiger partial charge is 0.147 e. The van der Waals surface area contributed by atoms with E-state index in [4.69, 9.17) is 0 Å². The molecule has 4 rings (SSSR count). The molecule has 0 N–H and O–H groups in total. The Hall–Kier alpha value is -1.14. The van der Waals surface area contributed by atoms with E-state index in [1.54, 1.807) is 6.56 Å². The zero-order valence-electron chi connectivity index (χ0n) is 27.5. The molecule has 0 spiro atoms. The second-order valence-corrected chi connectivity index (χ2v) is 19.3. The van der Waals surface area contributed by atoms with Gasteiger partial charge >= 0.3 is 253 Å². The van der Waals surface area contributed by atoms with E-state index in [1.165, 1.54) is 44.5 Å². The first-order valence-electron chi connectivity index (χ1n) is 14.7. The average molecular weight is 671 g/mol. The number of benzene rings is 2. The van der Waals surface area contributed by atoms with Crippen molar-refractivity contribution in [1.29, 1.82) is 0 Å². The summed E-state index contributed by atoms with van der Waals surface area (Å²) in [5.41, 5.74) is 12.2. The standard InChI is InChI=1S/2C19H25.2ClH.Zr/c2*1-18(2,3)16-11-15(14-9-7-8-10-14)12-17(13-16)19(4,5)6;;;/h2*7,9,11-13H,8H2,1-6H3;2*1H;. The minimum absolute atomic E-state index is 0. The van der Waals surface area contributed by atoms with E-state index in [2.05, 4.69) is 144 Å². The van der Waals surface area contributed by atoms with Gasteiger partial charge in [0.25, 0.3) is 0 Å². The van der Waals surface area contributed by atoms with Crippen molar-refractivity contribution in [3.05, 3.63) is 101 Å². The van der Waals surface area contributed by atoms with Crippen LogP contribution in [0.4, 0.5) is 0 Å². The molecule has 0 aliphatic heterocycles. The second-order valence-electron chi connectivity index (χ2n) is 15.7. The molecule has 0 fully saturated rings. The van der Waals surface area contributed by atoms with E-state index < -0.39 is 23.2 Å². The van der Waals surface area contributed by atoms with Crippen LogP contribution < -0.4 is 0 Å². The van der Waals surface area contributed by atoms with Gasteiger partial charge in [0.1, 0.15) is 0 Å². The van der Waals surface area contributed by atoms with Crippen LogP contribution >= 0.6 is 24.8 Å². The van der Waals surface area contributed by atoms with Crippen molar-refractivity contribution in [3.63, 3.8) is 0 Å². The first kappa shape index (κ1) is 36.1. The van der Waals surface area contributed by atoms with Crippen LogP contribution in [0.25, 0.3) is 11.1 Å². The predicted molar refractivity (Wildman–Crippen MR) is 184 cm³/mol. The molecule has 222 valence electrons. The van der Waals surface area contributed by atoms with E-state index in [0.29, 0.717) is 0 Å². The molecular weight excluding hydrogens is 619 g/mol. The van der Waals surface area contributed by atoms with Crippen LogP contribution in [-0.4, -0.2) is 0 Å². The molecule has 0 atom stereocenters. The Balaban J connectivity index is 0.00000294. The first-order chi connectivity index (χ1) is 17.8. The minimum Gasteiger partial charge on any atom is -0.147 e. The number of rotatable bonds is 4. The molecule has 0 unspecified atom stereocenters. The summed E-state index contributed by atoms with van der Waals surface area (Å²) < 4.78 is 3.45. The van der Waals surface area contributed by atoms with E-state index in [9.17, 15) is 0 Å². The molecular formula is C38H52Cl2Zr. The fourth-order valence-electron chi connectivity index (χ4n) is 5.27. The van der Waals surface area contributed by atoms with Gasteiger partial charge in [0.2, 0.25) is 0 Å². The summed E-state index contributed by atoms with van der Waals surface area (Å²) >= 11 is -0.931. The van der Waals surface area contributed by atoms with Crippen molar-refractivity contribution in [2.75, 3.05) is 0 Å². The van der Waals surface area contributed by atoms with Gasteiger partial charge in [-0.3, -0.25) is 0 Å². The van der Waals surface area contributed by atoms with Gasteiger partial charge in [-0.05, 0) is 0 Å². The van der Waals surface area contributed by atoms with Crippen LogP contribution in [0.2, 0.25) is 0 Å². The molecule has 2 aliphatic carbocycles. The molecule has 2 aliphatic rings. The Bertz CT molecular complexity index is 1220. The van der Waals surface area contributed by atoms with Gasteiger partial charge in [-0.1, -0.05) is 0 Å². The van der Waals surface area contributed by atoms with Crippen molar-refractivity contribution in [1.82, 2.24) is 0 Å². The van der Waals surface area contributed by atoms with Gasteiger partial charge in [-0.2, -0.15) is 0 Å². The summed E-state index contributed by atoms with van der Waals surface area (Å²) in [5, 5.41) is 0. The van der Waals surface area contributed by atoms with Crippen LogP contribution in [0.5, 0.6) is 0 Å². The summed E-state index contributed by atoms with van der Waals surface area (Å²) in [5.74, 6) is 0. The van der Waals surface area contributed by atoms with Crippen LogP contribution in [0, 0.1) is 0 Å². The van der Waals surface area contributed by atoms with Crippen molar-refractivity contribution in [3.8, 4) is 0 Å². The van der Waals surface area contributed by atoms with Gasteiger partial charge in [0.05, 0.1) is 0 Å². The second kappa shape index (κ2) is 12.8. The number of hydrogen-bond donors (Lipinski definition) is 0. The molecule has 0 saturated heterocycles. The third-order valence-electron chi connectivity index (χ3n) is 8.12. The summed E-state index contributed by atoms with van der Waals surface area (Å²) in [6, 6.07) is 14.8. The molecule has 3 heteroatoms. The maximum Gasteiger partial charge on any atom is -0.147 e. The van der Waals surface area contributed by atoms with Crippen molar-refractivity contribution in [2.45, 2.75) is 118 Å². The first-order valence-corrected chi connectivity index (χ1v) is 17.2. The fourth-order valence-corrected chi connectivity index (χ4v) is 9.03. The third-order valence-corrected chi connectivity index (χ3v) is 11.9. The fraction of sp³-hybridized carbons (Fsp3) is 0.474. The van der Waals surface area contributed by atoms with Gasteiger partial charge in [-0.25, -0.2) is 0 Å². The van der Waals surface area contributed by atoms with Gasteiger partial charge in [-0.15, -0.1) is 24.8 Å². The number of hydrogen-bond acceptors (Lipinski definition) is 0. The maximum absolute atomic E-state index is 2.48. The Morgan fingerprint density at radius 2 is 0.707 bits per heavy atom. The van der Waals surface area contributed by atoms with Crippen LogP contribution in [0.15, 0.2) is 67.3 Å². The van der Waals surface area contributed by atoms with Crippen molar-refractivity contribution < 1.29 is 23.2 Å².